The smallest absolute Gasteiger partial charge is 0.416 e. The fraction of sp³-hybridized carbons (Fsp3) is 0.400. The van der Waals surface area contributed by atoms with Crippen molar-refractivity contribution in [1.29, 1.82) is 0 Å². The molecule has 6 rings (SSSR count). The molecule has 0 radical (unpaired) electrons. The fourth-order valence-electron chi connectivity index (χ4n) is 5.28. The fourth-order valence-corrected chi connectivity index (χ4v) is 5.28. The van der Waals surface area contributed by atoms with Crippen LogP contribution in [0.1, 0.15) is 24.8 Å². The zero-order valence-electron chi connectivity index (χ0n) is 19.8. The number of aromatic nitrogens is 3. The van der Waals surface area contributed by atoms with Gasteiger partial charge in [-0.25, -0.2) is 14.8 Å². The molecule has 1 aliphatic carbocycles. The summed E-state index contributed by atoms with van der Waals surface area (Å²) < 4.78 is 12.8. The van der Waals surface area contributed by atoms with Crippen molar-refractivity contribution in [3.8, 4) is 5.75 Å². The van der Waals surface area contributed by atoms with E-state index in [0.717, 1.165) is 29.4 Å². The van der Waals surface area contributed by atoms with E-state index in [9.17, 15) is 14.4 Å². The Bertz CT molecular complexity index is 1420. The van der Waals surface area contributed by atoms with E-state index < -0.39 is 6.09 Å². The van der Waals surface area contributed by atoms with Crippen LogP contribution in [-0.2, 0) is 16.1 Å². The lowest BCUT2D eigenvalue weighted by Crippen LogP contribution is -2.46. The molecular formula is C25H26N6O5. The monoisotopic (exact) mass is 490 g/mol. The molecule has 1 saturated heterocycles. The van der Waals surface area contributed by atoms with E-state index in [0.29, 0.717) is 36.9 Å². The first-order valence-electron chi connectivity index (χ1n) is 12.1. The summed E-state index contributed by atoms with van der Waals surface area (Å²) in [4.78, 5) is 47.1. The number of ether oxygens (including phenoxy) is 2. The number of benzene rings is 1. The Hall–Kier alpha value is -3.99. The number of pyridine rings is 1. The minimum atomic E-state index is -0.439. The summed E-state index contributed by atoms with van der Waals surface area (Å²) >= 11 is 0. The number of nitrogens with zero attached hydrogens (tertiary/aromatic N) is 4. The van der Waals surface area contributed by atoms with Crippen LogP contribution in [0.2, 0.25) is 0 Å². The van der Waals surface area contributed by atoms with Crippen molar-refractivity contribution in [3.63, 3.8) is 0 Å². The van der Waals surface area contributed by atoms with Gasteiger partial charge < -0.3 is 24.7 Å². The zero-order chi connectivity index (χ0) is 24.8. The molecule has 4 heterocycles. The van der Waals surface area contributed by atoms with Gasteiger partial charge in [0.1, 0.15) is 11.9 Å². The van der Waals surface area contributed by atoms with Crippen molar-refractivity contribution >= 4 is 34.7 Å². The number of anilines is 2. The number of hydrogen-bond donors (Lipinski definition) is 2. The third-order valence-electron chi connectivity index (χ3n) is 7.01. The Morgan fingerprint density at radius 1 is 1.17 bits per heavy atom. The Morgan fingerprint density at radius 3 is 2.94 bits per heavy atom. The van der Waals surface area contributed by atoms with E-state index in [2.05, 4.69) is 20.6 Å². The van der Waals surface area contributed by atoms with E-state index in [-0.39, 0.29) is 36.3 Å². The zero-order valence-corrected chi connectivity index (χ0v) is 19.8. The van der Waals surface area contributed by atoms with Crippen LogP contribution >= 0.6 is 0 Å². The van der Waals surface area contributed by atoms with Crippen molar-refractivity contribution in [2.45, 2.75) is 50.9 Å². The summed E-state index contributed by atoms with van der Waals surface area (Å²) in [6.45, 7) is 3.07. The van der Waals surface area contributed by atoms with Crippen molar-refractivity contribution in [2.75, 3.05) is 23.4 Å². The molecule has 2 aromatic heterocycles. The van der Waals surface area contributed by atoms with E-state index in [1.165, 1.54) is 6.20 Å². The van der Waals surface area contributed by atoms with Crippen LogP contribution in [0.25, 0.3) is 11.0 Å². The maximum Gasteiger partial charge on any atom is 0.416 e. The Morgan fingerprint density at radius 2 is 2.06 bits per heavy atom. The number of amides is 2. The summed E-state index contributed by atoms with van der Waals surface area (Å²) in [6.07, 6.45) is 2.92. The first-order valence-corrected chi connectivity index (χ1v) is 12.1. The van der Waals surface area contributed by atoms with E-state index in [1.807, 2.05) is 25.1 Å². The molecule has 2 amide bonds. The molecule has 3 aromatic rings. The molecule has 0 unspecified atom stereocenters. The van der Waals surface area contributed by atoms with Crippen LogP contribution in [0, 0.1) is 6.92 Å². The first kappa shape index (κ1) is 22.5. The predicted molar refractivity (Wildman–Crippen MR) is 131 cm³/mol. The van der Waals surface area contributed by atoms with E-state index >= 15 is 0 Å². The van der Waals surface area contributed by atoms with Gasteiger partial charge in [-0.2, -0.15) is 0 Å². The number of carbonyl (C=O) groups excluding carboxylic acids is 2. The minimum Gasteiger partial charge on any atom is -0.480 e. The van der Waals surface area contributed by atoms with Gasteiger partial charge in [-0.15, -0.1) is 0 Å². The topological polar surface area (TPSA) is 128 Å². The maximum absolute atomic E-state index is 12.7. The first-order chi connectivity index (χ1) is 17.5. The van der Waals surface area contributed by atoms with Crippen molar-refractivity contribution < 1.29 is 19.1 Å². The Labute approximate surface area is 206 Å². The molecule has 186 valence electrons. The standard InChI is InChI=1S/C25H26N6O5/c1-14-2-4-16-18(10-14)30(23(33)12-27-16)9-8-26-15-3-5-17-20(11-15)36-25(34)31(17)21-7-6-19-24(28-21)29-22(32)13-35-19/h2,4,6-7,10,12,15,17,20,26H,3,5,8-9,11,13H2,1H3,(H,28,29,32)/t15-,17-,20+/m0/s1. The number of rotatable bonds is 5. The van der Waals surface area contributed by atoms with Crippen molar-refractivity contribution in [2.24, 2.45) is 0 Å². The van der Waals surface area contributed by atoms with Gasteiger partial charge in [0.25, 0.3) is 11.5 Å². The largest absolute Gasteiger partial charge is 0.480 e. The second-order valence-electron chi connectivity index (χ2n) is 9.42. The molecule has 0 spiro atoms. The Balaban J connectivity index is 1.11. The minimum absolute atomic E-state index is 0.0511. The number of fused-ring (bicyclic) bond motifs is 3. The average molecular weight is 491 g/mol. The molecule has 3 aliphatic rings. The highest BCUT2D eigenvalue weighted by Gasteiger charge is 2.46. The molecule has 0 bridgehead atoms. The third kappa shape index (κ3) is 4.05. The van der Waals surface area contributed by atoms with Gasteiger partial charge in [0.15, 0.2) is 18.2 Å². The number of hydrogen-bond acceptors (Lipinski definition) is 8. The maximum atomic E-state index is 12.7. The lowest BCUT2D eigenvalue weighted by molar-refractivity contribution is -0.118. The molecule has 1 saturated carbocycles. The summed E-state index contributed by atoms with van der Waals surface area (Å²) in [5, 5.41) is 6.22. The number of carbonyl (C=O) groups is 2. The third-order valence-corrected chi connectivity index (χ3v) is 7.01. The van der Waals surface area contributed by atoms with Gasteiger partial charge >= 0.3 is 6.09 Å². The molecule has 11 nitrogen and oxygen atoms in total. The van der Waals surface area contributed by atoms with E-state index in [1.54, 1.807) is 21.6 Å². The molecule has 2 aliphatic heterocycles. The van der Waals surface area contributed by atoms with Gasteiger partial charge in [-0.3, -0.25) is 14.5 Å². The lowest BCUT2D eigenvalue weighted by atomic mass is 9.88. The molecule has 1 aromatic carbocycles. The van der Waals surface area contributed by atoms with Crippen LogP contribution in [0.3, 0.4) is 0 Å². The van der Waals surface area contributed by atoms with Crippen LogP contribution in [-0.4, -0.2) is 57.9 Å². The summed E-state index contributed by atoms with van der Waals surface area (Å²) in [5.74, 6) is 0.941. The molecule has 11 heteroatoms. The van der Waals surface area contributed by atoms with Gasteiger partial charge in [-0.1, -0.05) is 6.07 Å². The van der Waals surface area contributed by atoms with Crippen molar-refractivity contribution in [1.82, 2.24) is 19.9 Å². The van der Waals surface area contributed by atoms with Crippen LogP contribution in [0.4, 0.5) is 16.4 Å². The molecule has 2 fully saturated rings. The van der Waals surface area contributed by atoms with Crippen LogP contribution < -0.4 is 25.8 Å². The quantitative estimate of drug-likeness (QED) is 0.556. The summed E-state index contributed by atoms with van der Waals surface area (Å²) in [6, 6.07) is 9.34. The van der Waals surface area contributed by atoms with Gasteiger partial charge in [0.05, 0.1) is 23.3 Å². The van der Waals surface area contributed by atoms with Gasteiger partial charge in [0, 0.05) is 25.6 Å². The van der Waals surface area contributed by atoms with Crippen molar-refractivity contribution in [3.05, 3.63) is 52.4 Å². The molecule has 36 heavy (non-hydrogen) atoms. The second kappa shape index (κ2) is 8.90. The van der Waals surface area contributed by atoms with Crippen LogP contribution in [0.5, 0.6) is 5.75 Å². The highest BCUT2D eigenvalue weighted by Crippen LogP contribution is 2.37. The average Bonchev–Trinajstić information content (AvgIpc) is 3.19. The van der Waals surface area contributed by atoms with E-state index in [4.69, 9.17) is 9.47 Å². The molecule has 2 N–H and O–H groups in total. The highest BCUT2D eigenvalue weighted by atomic mass is 16.6. The SMILES string of the molecule is Cc1ccc2ncc(=O)n(CCN[C@H]3CC[C@H]4[C@@H](C3)OC(=O)N4c3ccc4c(n3)NC(=O)CO4)c2c1. The number of aryl methyl sites for hydroxylation is 1. The normalized spacial score (nSPS) is 23.0. The molecular weight excluding hydrogens is 464 g/mol. The summed E-state index contributed by atoms with van der Waals surface area (Å²) in [5.41, 5.74) is 2.57. The number of nitrogens with one attached hydrogen (secondary N) is 2. The van der Waals surface area contributed by atoms with Crippen LogP contribution in [0.15, 0.2) is 41.3 Å². The summed E-state index contributed by atoms with van der Waals surface area (Å²) in [7, 11) is 0. The predicted octanol–water partition coefficient (Wildman–Crippen LogP) is 1.97. The van der Waals surface area contributed by atoms with Gasteiger partial charge in [0.2, 0.25) is 0 Å². The molecule has 3 atom stereocenters. The van der Waals surface area contributed by atoms with Gasteiger partial charge in [-0.05, 0) is 49.6 Å². The Kier molecular flexibility index (Phi) is 5.56. The second-order valence-corrected chi connectivity index (χ2v) is 9.42. The highest BCUT2D eigenvalue weighted by molar-refractivity contribution is 5.95. The lowest BCUT2D eigenvalue weighted by Gasteiger charge is -2.33.